The number of benzene rings is 4. The van der Waals surface area contributed by atoms with Gasteiger partial charge in [-0.1, -0.05) is 185 Å². The van der Waals surface area contributed by atoms with E-state index in [1.165, 1.54) is 0 Å². The molecule has 9 rings (SSSR count). The molecule has 12 nitrogen and oxygen atoms in total. The Labute approximate surface area is 527 Å². The van der Waals surface area contributed by atoms with Crippen LogP contribution in [-0.4, -0.2) is 64.3 Å². The molecule has 7 aromatic rings. The molecule has 8 unspecified atom stereocenters. The fourth-order valence-electron chi connectivity index (χ4n) is 15.0. The van der Waals surface area contributed by atoms with Crippen molar-refractivity contribution in [3.8, 4) is 68.5 Å². The molecule has 8 atom stereocenters. The maximum Gasteiger partial charge on any atom is 0.168 e. The van der Waals surface area contributed by atoms with Gasteiger partial charge in [-0.2, -0.15) is 0 Å². The van der Waals surface area contributed by atoms with Crippen LogP contribution in [0.3, 0.4) is 0 Å². The van der Waals surface area contributed by atoms with Crippen molar-refractivity contribution in [2.45, 2.75) is 238 Å². The van der Waals surface area contributed by atoms with E-state index < -0.39 is 0 Å². The Morgan fingerprint density at radius 1 is 0.318 bits per heavy atom. The summed E-state index contributed by atoms with van der Waals surface area (Å²) < 4.78 is 29.8. The van der Waals surface area contributed by atoms with E-state index in [-0.39, 0.29) is 24.4 Å². The summed E-state index contributed by atoms with van der Waals surface area (Å²) in [6.45, 7) is 36.7. The maximum atomic E-state index is 7.45. The molecule has 0 radical (unpaired) electrons. The lowest BCUT2D eigenvalue weighted by Crippen LogP contribution is -2.33. The lowest BCUT2D eigenvalue weighted by Gasteiger charge is -2.32. The van der Waals surface area contributed by atoms with Crippen LogP contribution in [0.2, 0.25) is 0 Å². The summed E-state index contributed by atoms with van der Waals surface area (Å²) in [4.78, 5) is 41.3. The van der Waals surface area contributed by atoms with Crippen LogP contribution >= 0.6 is 0 Å². The Morgan fingerprint density at radius 2 is 0.591 bits per heavy atom. The van der Waals surface area contributed by atoms with E-state index in [1.54, 1.807) is 0 Å². The standard InChI is InChI=1S/C76H106N8O4/c1-17-33-45(13)65(49(21-5)22-6)85-57-41-29-37-53-61(57)73-77-69(53)82-74-63-55(39-31-43-59(63)87-67(47(15)35-19-3)51(25-9)26-10)71(79-74)84-76-64-56(40-32-44-60(64)88-68(48(16)36-20-4)52(27-11)28-12)72(80-76)83-75-62-54(70(78-75)81-73)38-30-42-58(62)86-66(46(14)34-18-2)50(23-7)24-8/h29-32,37-52,65-68H,17-28,33-36H2,1-16H3,(H2,77,78,79,80,81,82,83,84). The average molecular weight is 1200 g/mol. The fourth-order valence-corrected chi connectivity index (χ4v) is 15.0. The summed E-state index contributed by atoms with van der Waals surface area (Å²) in [6, 6.07) is 25.2. The van der Waals surface area contributed by atoms with Gasteiger partial charge in [0, 0.05) is 21.9 Å². The third-order valence-corrected chi connectivity index (χ3v) is 20.1. The van der Waals surface area contributed by atoms with Crippen molar-refractivity contribution in [3.05, 3.63) is 72.8 Å². The molecule has 0 spiro atoms. The van der Waals surface area contributed by atoms with Gasteiger partial charge in [-0.25, -0.2) is 29.9 Å². The number of aromatic nitrogens is 8. The molecule has 5 heterocycles. The van der Waals surface area contributed by atoms with Crippen LogP contribution in [-0.2, 0) is 0 Å². The van der Waals surface area contributed by atoms with Gasteiger partial charge in [-0.3, -0.25) is 0 Å². The molecule has 0 aliphatic carbocycles. The van der Waals surface area contributed by atoms with Crippen molar-refractivity contribution in [3.63, 3.8) is 0 Å². The SMILES string of the molecule is CCCC(C)C(Oc1cccc2c1-c1nc-2nc2[nH]c(nc3nc(nc4[nH]c(n1)c1cccc(OC(C(C)CCC)C(CC)CC)c41)-c1cccc(OC(C(C)CCC)C(CC)CC)c1-3)c1cccc(OC(C(C)CCC)C(CC)CC)c21)C(CC)CC. The van der Waals surface area contributed by atoms with E-state index >= 15 is 0 Å². The van der Waals surface area contributed by atoms with Crippen molar-refractivity contribution >= 4 is 44.1 Å². The van der Waals surface area contributed by atoms with Crippen LogP contribution in [0.4, 0.5) is 0 Å². The van der Waals surface area contributed by atoms with Crippen molar-refractivity contribution in [1.29, 1.82) is 0 Å². The van der Waals surface area contributed by atoms with Crippen LogP contribution in [0.25, 0.3) is 89.7 Å². The number of aromatic amines is 2. The predicted molar refractivity (Wildman–Crippen MR) is 366 cm³/mol. The Morgan fingerprint density at radius 3 is 0.886 bits per heavy atom. The molecule has 2 N–H and O–H groups in total. The summed E-state index contributed by atoms with van der Waals surface area (Å²) in [5, 5.41) is 3.39. The van der Waals surface area contributed by atoms with Crippen molar-refractivity contribution in [2.24, 2.45) is 47.3 Å². The van der Waals surface area contributed by atoms with Crippen molar-refractivity contribution < 1.29 is 18.9 Å². The number of nitrogens with one attached hydrogen (secondary N) is 2. The van der Waals surface area contributed by atoms with Gasteiger partial charge >= 0.3 is 0 Å². The zero-order chi connectivity index (χ0) is 62.8. The zero-order valence-corrected chi connectivity index (χ0v) is 56.5. The Balaban J connectivity index is 1.44. The number of nitrogens with zero attached hydrogens (tertiary/aromatic N) is 6. The quantitative estimate of drug-likeness (QED) is 0.0418. The summed E-state index contributed by atoms with van der Waals surface area (Å²) >= 11 is 0. The van der Waals surface area contributed by atoms with Crippen LogP contribution < -0.4 is 18.9 Å². The average Bonchev–Trinajstić information content (AvgIpc) is 2.04. The van der Waals surface area contributed by atoms with E-state index in [1.807, 2.05) is 0 Å². The smallest absolute Gasteiger partial charge is 0.168 e. The third-order valence-electron chi connectivity index (χ3n) is 20.1. The highest BCUT2D eigenvalue weighted by Gasteiger charge is 2.35. The highest BCUT2D eigenvalue weighted by atomic mass is 16.5. The summed E-state index contributed by atoms with van der Waals surface area (Å²) in [6.07, 6.45) is 16.5. The van der Waals surface area contributed by atoms with Gasteiger partial charge in [0.25, 0.3) is 0 Å². The van der Waals surface area contributed by atoms with E-state index in [0.29, 0.717) is 93.2 Å². The number of rotatable bonds is 32. The van der Waals surface area contributed by atoms with Crippen LogP contribution in [0.1, 0.15) is 214 Å². The molecule has 0 saturated heterocycles. The van der Waals surface area contributed by atoms with Crippen molar-refractivity contribution in [1.82, 2.24) is 39.9 Å². The molecule has 4 aromatic carbocycles. The Kier molecular flexibility index (Phi) is 22.7. The monoisotopic (exact) mass is 1190 g/mol. The molecule has 88 heavy (non-hydrogen) atoms. The van der Waals surface area contributed by atoms with Gasteiger partial charge in [0.05, 0.1) is 21.9 Å². The molecule has 8 bridgehead atoms. The van der Waals surface area contributed by atoms with Gasteiger partial charge in [-0.15, -0.1) is 0 Å². The molecule has 2 aliphatic heterocycles. The first kappa shape index (κ1) is 65.9. The third kappa shape index (κ3) is 13.6. The van der Waals surface area contributed by atoms with Crippen LogP contribution in [0.5, 0.6) is 23.0 Å². The number of H-pyrrole nitrogens is 2. The maximum absolute atomic E-state index is 7.45. The second-order valence-corrected chi connectivity index (χ2v) is 26.0. The first-order chi connectivity index (χ1) is 42.8. The summed E-state index contributed by atoms with van der Waals surface area (Å²) in [7, 11) is 0. The predicted octanol–water partition coefficient (Wildman–Crippen LogP) is 21.3. The Bertz CT molecular complexity index is 3360. The van der Waals surface area contributed by atoms with Gasteiger partial charge in [0.15, 0.2) is 23.3 Å². The highest BCUT2D eigenvalue weighted by Crippen LogP contribution is 2.47. The molecule has 0 amide bonds. The second kappa shape index (κ2) is 30.3. The number of fused-ring (bicyclic) bond motifs is 20. The lowest BCUT2D eigenvalue weighted by atomic mass is 9.85. The second-order valence-electron chi connectivity index (χ2n) is 26.0. The number of ether oxygens (including phenoxy) is 4. The molecule has 0 fully saturated rings. The van der Waals surface area contributed by atoms with Crippen LogP contribution in [0.15, 0.2) is 72.8 Å². The number of hydrogen-bond acceptors (Lipinski definition) is 10. The molecule has 2 aliphatic rings. The molecule has 474 valence electrons. The largest absolute Gasteiger partial charge is 0.489 e. The minimum absolute atomic E-state index is 0.0225. The summed E-state index contributed by atoms with van der Waals surface area (Å²) in [5.74, 6) is 7.72. The topological polar surface area (TPSA) is 146 Å². The Hall–Kier alpha value is -6.56. The van der Waals surface area contributed by atoms with Gasteiger partial charge < -0.3 is 28.9 Å². The van der Waals surface area contributed by atoms with Crippen molar-refractivity contribution in [2.75, 3.05) is 0 Å². The molecule has 12 heteroatoms. The van der Waals surface area contributed by atoms with E-state index in [4.69, 9.17) is 48.9 Å². The highest BCUT2D eigenvalue weighted by molar-refractivity contribution is 6.10. The zero-order valence-electron chi connectivity index (χ0n) is 56.5. The fraction of sp³-hybridized carbons (Fsp3) is 0.579. The summed E-state index contributed by atoms with van der Waals surface area (Å²) in [5.41, 5.74) is 5.66. The normalized spacial score (nSPS) is 15.1. The van der Waals surface area contributed by atoms with Gasteiger partial charge in [0.1, 0.15) is 70.0 Å². The molecule has 3 aromatic heterocycles. The van der Waals surface area contributed by atoms with E-state index in [9.17, 15) is 0 Å². The molecular weight excluding hydrogens is 1090 g/mol. The van der Waals surface area contributed by atoms with Crippen LogP contribution in [0, 0.1) is 47.3 Å². The lowest BCUT2D eigenvalue weighted by molar-refractivity contribution is 0.0733. The van der Waals surface area contributed by atoms with E-state index in [0.717, 1.165) is 170 Å². The first-order valence-electron chi connectivity index (χ1n) is 34.8. The minimum atomic E-state index is -0.0259. The molecular formula is C76H106N8O4. The molecule has 0 saturated carbocycles. The minimum Gasteiger partial charge on any atom is -0.489 e. The number of hydrogen-bond donors (Lipinski definition) is 2. The van der Waals surface area contributed by atoms with Gasteiger partial charge in [-0.05, 0) is 149 Å². The first-order valence-corrected chi connectivity index (χ1v) is 34.8. The van der Waals surface area contributed by atoms with Gasteiger partial charge in [0.2, 0.25) is 0 Å². The van der Waals surface area contributed by atoms with E-state index in [2.05, 4.69) is 194 Å².